The summed E-state index contributed by atoms with van der Waals surface area (Å²) in [5.41, 5.74) is 0.832. The quantitative estimate of drug-likeness (QED) is 0.741. The molecule has 1 amide bonds. The molecule has 0 atom stereocenters. The van der Waals surface area contributed by atoms with Crippen molar-refractivity contribution in [2.24, 2.45) is 0 Å². The van der Waals surface area contributed by atoms with Gasteiger partial charge < -0.3 is 9.73 Å². The van der Waals surface area contributed by atoms with Crippen molar-refractivity contribution in [1.82, 2.24) is 0 Å². The molecule has 0 saturated carbocycles. The van der Waals surface area contributed by atoms with Gasteiger partial charge in [0, 0.05) is 28.4 Å². The molecule has 2 aromatic carbocycles. The van der Waals surface area contributed by atoms with Crippen LogP contribution in [0.25, 0.3) is 10.8 Å². The molecule has 1 N–H and O–H groups in total. The van der Waals surface area contributed by atoms with Gasteiger partial charge in [0.25, 0.3) is 0 Å². The Hall–Kier alpha value is -2.07. The molecular formula is C17H14BrNO2. The molecule has 0 spiro atoms. The lowest BCUT2D eigenvalue weighted by Gasteiger charge is -2.09. The van der Waals surface area contributed by atoms with Gasteiger partial charge in [0.15, 0.2) is 0 Å². The van der Waals surface area contributed by atoms with Crippen molar-refractivity contribution in [3.8, 4) is 0 Å². The number of amides is 1. The van der Waals surface area contributed by atoms with Gasteiger partial charge in [-0.15, -0.1) is 0 Å². The van der Waals surface area contributed by atoms with E-state index in [-0.39, 0.29) is 5.91 Å². The minimum atomic E-state index is -0.0149. The number of fused-ring (bicyclic) bond motifs is 1. The van der Waals surface area contributed by atoms with Crippen LogP contribution in [0.2, 0.25) is 0 Å². The lowest BCUT2D eigenvalue weighted by molar-refractivity contribution is -0.116. The Bertz CT molecular complexity index is 766. The summed E-state index contributed by atoms with van der Waals surface area (Å²) in [6.07, 6.45) is 2.63. The Kier molecular flexibility index (Phi) is 4.06. The van der Waals surface area contributed by atoms with Gasteiger partial charge in [0.1, 0.15) is 5.76 Å². The molecule has 0 aliphatic carbocycles. The third-order valence-electron chi connectivity index (χ3n) is 3.32. The monoisotopic (exact) mass is 343 g/mol. The number of anilines is 1. The average Bonchev–Trinajstić information content (AvgIpc) is 3.02. The highest BCUT2D eigenvalue weighted by Gasteiger charge is 2.08. The van der Waals surface area contributed by atoms with E-state index in [9.17, 15) is 4.79 Å². The number of rotatable bonds is 4. The van der Waals surface area contributed by atoms with E-state index in [2.05, 4.69) is 21.2 Å². The molecule has 3 rings (SSSR count). The number of hydrogen-bond donors (Lipinski definition) is 1. The highest BCUT2D eigenvalue weighted by Crippen LogP contribution is 2.30. The first-order valence-electron chi connectivity index (χ1n) is 6.73. The molecule has 1 aromatic heterocycles. The van der Waals surface area contributed by atoms with E-state index in [0.717, 1.165) is 26.7 Å². The number of aryl methyl sites for hydroxylation is 1. The number of carbonyl (C=O) groups is 1. The fraction of sp³-hybridized carbons (Fsp3) is 0.118. The smallest absolute Gasteiger partial charge is 0.224 e. The van der Waals surface area contributed by atoms with Gasteiger partial charge in [-0.05, 0) is 29.7 Å². The Labute approximate surface area is 131 Å². The fourth-order valence-electron chi connectivity index (χ4n) is 2.28. The van der Waals surface area contributed by atoms with Gasteiger partial charge in [0.2, 0.25) is 5.91 Å². The van der Waals surface area contributed by atoms with E-state index in [0.29, 0.717) is 12.8 Å². The molecular weight excluding hydrogens is 330 g/mol. The molecule has 0 bridgehead atoms. The molecule has 3 aromatic rings. The van der Waals surface area contributed by atoms with E-state index < -0.39 is 0 Å². The first-order chi connectivity index (χ1) is 10.2. The highest BCUT2D eigenvalue weighted by atomic mass is 79.9. The largest absolute Gasteiger partial charge is 0.469 e. The predicted molar refractivity (Wildman–Crippen MR) is 87.3 cm³/mol. The van der Waals surface area contributed by atoms with E-state index in [1.165, 1.54) is 0 Å². The van der Waals surface area contributed by atoms with E-state index in [4.69, 9.17) is 4.42 Å². The second kappa shape index (κ2) is 6.14. The third-order valence-corrected chi connectivity index (χ3v) is 4.02. The highest BCUT2D eigenvalue weighted by molar-refractivity contribution is 9.10. The molecule has 4 heteroatoms. The van der Waals surface area contributed by atoms with Crippen LogP contribution in [0.3, 0.4) is 0 Å². The molecule has 21 heavy (non-hydrogen) atoms. The normalized spacial score (nSPS) is 10.7. The minimum Gasteiger partial charge on any atom is -0.469 e. The number of hydrogen-bond acceptors (Lipinski definition) is 2. The van der Waals surface area contributed by atoms with Crippen LogP contribution in [-0.4, -0.2) is 5.91 Å². The summed E-state index contributed by atoms with van der Waals surface area (Å²) in [4.78, 5) is 12.1. The van der Waals surface area contributed by atoms with Crippen molar-refractivity contribution < 1.29 is 9.21 Å². The average molecular weight is 344 g/mol. The number of carbonyl (C=O) groups excluding carboxylic acids is 1. The summed E-state index contributed by atoms with van der Waals surface area (Å²) in [5.74, 6) is 0.810. The van der Waals surface area contributed by atoms with Gasteiger partial charge in [-0.25, -0.2) is 0 Å². The first kappa shape index (κ1) is 13.9. The Morgan fingerprint density at radius 2 is 1.86 bits per heavy atom. The van der Waals surface area contributed by atoms with Crippen LogP contribution in [-0.2, 0) is 11.2 Å². The lowest BCUT2D eigenvalue weighted by Crippen LogP contribution is -2.12. The second-order valence-corrected chi connectivity index (χ2v) is 5.62. The van der Waals surface area contributed by atoms with Gasteiger partial charge in [-0.2, -0.15) is 0 Å². The Morgan fingerprint density at radius 3 is 2.62 bits per heavy atom. The van der Waals surface area contributed by atoms with Gasteiger partial charge in [-0.3, -0.25) is 4.79 Å². The molecule has 106 valence electrons. The summed E-state index contributed by atoms with van der Waals surface area (Å²) in [6.45, 7) is 0. The molecule has 0 aliphatic heterocycles. The Balaban J connectivity index is 1.75. The van der Waals surface area contributed by atoms with Crippen molar-refractivity contribution in [3.63, 3.8) is 0 Å². The third kappa shape index (κ3) is 3.16. The maximum atomic E-state index is 12.1. The molecule has 0 fully saturated rings. The minimum absolute atomic E-state index is 0.0149. The van der Waals surface area contributed by atoms with Crippen molar-refractivity contribution in [1.29, 1.82) is 0 Å². The summed E-state index contributed by atoms with van der Waals surface area (Å²) in [7, 11) is 0. The number of benzene rings is 2. The predicted octanol–water partition coefficient (Wildman–Crippen LogP) is 4.77. The van der Waals surface area contributed by atoms with Crippen LogP contribution in [0.1, 0.15) is 12.2 Å². The van der Waals surface area contributed by atoms with Gasteiger partial charge in [-0.1, -0.05) is 40.2 Å². The van der Waals surface area contributed by atoms with Crippen LogP contribution in [0.4, 0.5) is 5.69 Å². The molecule has 3 nitrogen and oxygen atoms in total. The zero-order valence-corrected chi connectivity index (χ0v) is 12.9. The van der Waals surface area contributed by atoms with Crippen LogP contribution < -0.4 is 5.32 Å². The summed E-state index contributed by atoms with van der Waals surface area (Å²) < 4.78 is 6.25. The summed E-state index contributed by atoms with van der Waals surface area (Å²) in [5, 5.41) is 5.08. The van der Waals surface area contributed by atoms with Gasteiger partial charge in [0.05, 0.1) is 6.26 Å². The van der Waals surface area contributed by atoms with Gasteiger partial charge >= 0.3 is 0 Å². The van der Waals surface area contributed by atoms with Crippen molar-refractivity contribution in [3.05, 3.63) is 65.0 Å². The first-order valence-corrected chi connectivity index (χ1v) is 7.53. The molecule has 1 heterocycles. The number of furan rings is 1. The van der Waals surface area contributed by atoms with Crippen LogP contribution in [0.5, 0.6) is 0 Å². The van der Waals surface area contributed by atoms with E-state index in [1.54, 1.807) is 6.26 Å². The lowest BCUT2D eigenvalue weighted by atomic mass is 10.1. The van der Waals surface area contributed by atoms with Crippen molar-refractivity contribution in [2.45, 2.75) is 12.8 Å². The zero-order valence-electron chi connectivity index (χ0n) is 11.3. The maximum absolute atomic E-state index is 12.1. The molecule has 0 unspecified atom stereocenters. The maximum Gasteiger partial charge on any atom is 0.224 e. The summed E-state index contributed by atoms with van der Waals surface area (Å²) in [6, 6.07) is 15.5. The topological polar surface area (TPSA) is 42.2 Å². The second-order valence-electron chi connectivity index (χ2n) is 4.77. The van der Waals surface area contributed by atoms with E-state index >= 15 is 0 Å². The standard InChI is InChI=1S/C17H14BrNO2/c18-15-8-9-16(14-6-2-1-5-13(14)15)19-17(20)10-7-12-4-3-11-21-12/h1-6,8-9,11H,7,10H2,(H,19,20). The SMILES string of the molecule is O=C(CCc1ccco1)Nc1ccc(Br)c2ccccc12. The van der Waals surface area contributed by atoms with Crippen LogP contribution in [0, 0.1) is 0 Å². The Morgan fingerprint density at radius 1 is 1.05 bits per heavy atom. The molecule has 0 saturated heterocycles. The van der Waals surface area contributed by atoms with Crippen molar-refractivity contribution in [2.75, 3.05) is 5.32 Å². The van der Waals surface area contributed by atoms with Crippen LogP contribution in [0.15, 0.2) is 63.7 Å². The summed E-state index contributed by atoms with van der Waals surface area (Å²) >= 11 is 3.53. The molecule has 0 aliphatic rings. The molecule has 0 radical (unpaired) electrons. The number of nitrogens with one attached hydrogen (secondary N) is 1. The number of halogens is 1. The zero-order chi connectivity index (χ0) is 14.7. The van der Waals surface area contributed by atoms with Crippen LogP contribution >= 0.6 is 15.9 Å². The fourth-order valence-corrected chi connectivity index (χ4v) is 2.75. The van der Waals surface area contributed by atoms with Crippen molar-refractivity contribution >= 4 is 38.3 Å². The van der Waals surface area contributed by atoms with E-state index in [1.807, 2.05) is 48.5 Å².